The highest BCUT2D eigenvalue weighted by molar-refractivity contribution is 4.98. The minimum atomic E-state index is 0.361. The summed E-state index contributed by atoms with van der Waals surface area (Å²) < 4.78 is 0. The van der Waals surface area contributed by atoms with E-state index in [2.05, 4.69) is 31.0 Å². The van der Waals surface area contributed by atoms with Crippen molar-refractivity contribution in [3.05, 3.63) is 0 Å². The third-order valence-electron chi connectivity index (χ3n) is 4.00. The van der Waals surface area contributed by atoms with Gasteiger partial charge in [0.2, 0.25) is 0 Å². The summed E-state index contributed by atoms with van der Waals surface area (Å²) in [5.74, 6) is 0. The van der Waals surface area contributed by atoms with Gasteiger partial charge in [-0.1, -0.05) is 0 Å². The zero-order valence-corrected chi connectivity index (χ0v) is 9.90. The van der Waals surface area contributed by atoms with Crippen molar-refractivity contribution in [1.29, 1.82) is 0 Å². The lowest BCUT2D eigenvalue weighted by atomic mass is 9.84. The van der Waals surface area contributed by atoms with Crippen LogP contribution in [0.3, 0.4) is 0 Å². The van der Waals surface area contributed by atoms with Gasteiger partial charge < -0.3 is 5.32 Å². The average molecular weight is 196 g/mol. The predicted molar refractivity (Wildman–Crippen MR) is 60.5 cm³/mol. The monoisotopic (exact) mass is 196 g/mol. The molecule has 1 spiro atoms. The Morgan fingerprint density at radius 3 is 2.14 bits per heavy atom. The maximum Gasteiger partial charge on any atom is 0.0206 e. The fraction of sp³-hybridized carbons (Fsp3) is 1.00. The summed E-state index contributed by atoms with van der Waals surface area (Å²) in [5, 5.41) is 3.72. The van der Waals surface area contributed by atoms with Crippen molar-refractivity contribution < 1.29 is 0 Å². The van der Waals surface area contributed by atoms with Crippen LogP contribution in [0.1, 0.15) is 46.5 Å². The van der Waals surface area contributed by atoms with Gasteiger partial charge in [0.25, 0.3) is 0 Å². The van der Waals surface area contributed by atoms with Crippen LogP contribution >= 0.6 is 0 Å². The fourth-order valence-corrected chi connectivity index (χ4v) is 2.90. The molecule has 0 saturated carbocycles. The van der Waals surface area contributed by atoms with E-state index in [1.54, 1.807) is 0 Å². The predicted octanol–water partition coefficient (Wildman–Crippen LogP) is 2.00. The van der Waals surface area contributed by atoms with Crippen LogP contribution in [0.15, 0.2) is 0 Å². The van der Waals surface area contributed by atoms with E-state index in [9.17, 15) is 0 Å². The number of likely N-dealkylation sites (tertiary alicyclic amines) is 1. The van der Waals surface area contributed by atoms with Crippen molar-refractivity contribution >= 4 is 0 Å². The topological polar surface area (TPSA) is 15.3 Å². The first-order valence-corrected chi connectivity index (χ1v) is 6.02. The maximum absolute atomic E-state index is 3.72. The molecule has 2 aliphatic rings. The van der Waals surface area contributed by atoms with E-state index in [-0.39, 0.29) is 0 Å². The maximum atomic E-state index is 3.72. The zero-order valence-electron chi connectivity index (χ0n) is 9.90. The zero-order chi connectivity index (χ0) is 10.2. The molecule has 0 radical (unpaired) electrons. The van der Waals surface area contributed by atoms with Crippen LogP contribution in [0.5, 0.6) is 0 Å². The van der Waals surface area contributed by atoms with Gasteiger partial charge in [0.1, 0.15) is 0 Å². The molecule has 2 rings (SSSR count). The van der Waals surface area contributed by atoms with Crippen LogP contribution in [-0.2, 0) is 0 Å². The van der Waals surface area contributed by atoms with Gasteiger partial charge in [-0.3, -0.25) is 4.90 Å². The lowest BCUT2D eigenvalue weighted by Gasteiger charge is -2.45. The summed E-state index contributed by atoms with van der Waals surface area (Å²) in [7, 11) is 0. The van der Waals surface area contributed by atoms with E-state index >= 15 is 0 Å². The van der Waals surface area contributed by atoms with E-state index in [1.165, 1.54) is 45.3 Å². The summed E-state index contributed by atoms with van der Waals surface area (Å²) in [4.78, 5) is 2.62. The molecule has 0 amide bonds. The van der Waals surface area contributed by atoms with Gasteiger partial charge in [-0.25, -0.2) is 0 Å². The summed E-state index contributed by atoms with van der Waals surface area (Å²) in [6.07, 6.45) is 5.50. The van der Waals surface area contributed by atoms with Gasteiger partial charge in [0.05, 0.1) is 0 Å². The highest BCUT2D eigenvalue weighted by atomic mass is 15.2. The molecule has 2 aliphatic heterocycles. The van der Waals surface area contributed by atoms with Crippen molar-refractivity contribution in [2.24, 2.45) is 0 Å². The molecule has 0 aromatic carbocycles. The molecule has 0 aromatic rings. The molecule has 14 heavy (non-hydrogen) atoms. The molecular weight excluding hydrogens is 172 g/mol. The molecule has 0 aliphatic carbocycles. The van der Waals surface area contributed by atoms with Crippen molar-refractivity contribution in [1.82, 2.24) is 10.2 Å². The number of piperidine rings is 1. The first kappa shape index (κ1) is 10.4. The molecule has 0 unspecified atom stereocenters. The van der Waals surface area contributed by atoms with E-state index < -0.39 is 0 Å². The fourth-order valence-electron chi connectivity index (χ4n) is 2.90. The third-order valence-corrected chi connectivity index (χ3v) is 4.00. The lowest BCUT2D eigenvalue weighted by molar-refractivity contribution is 0.0699. The molecule has 2 fully saturated rings. The van der Waals surface area contributed by atoms with Gasteiger partial charge in [0.15, 0.2) is 0 Å². The smallest absolute Gasteiger partial charge is 0.0206 e. The largest absolute Gasteiger partial charge is 0.311 e. The first-order valence-electron chi connectivity index (χ1n) is 6.02. The SMILES string of the molecule is CC(C)(C)N1CCC2(CCCN2)CC1. The highest BCUT2D eigenvalue weighted by Gasteiger charge is 2.38. The second kappa shape index (κ2) is 3.49. The van der Waals surface area contributed by atoms with E-state index in [0.29, 0.717) is 11.1 Å². The van der Waals surface area contributed by atoms with Gasteiger partial charge in [-0.15, -0.1) is 0 Å². The number of hydrogen-bond donors (Lipinski definition) is 1. The van der Waals surface area contributed by atoms with Crippen molar-refractivity contribution in [2.45, 2.75) is 57.5 Å². The number of rotatable bonds is 0. The van der Waals surface area contributed by atoms with Crippen molar-refractivity contribution in [3.8, 4) is 0 Å². The summed E-state index contributed by atoms with van der Waals surface area (Å²) in [6, 6.07) is 0. The Morgan fingerprint density at radius 2 is 1.71 bits per heavy atom. The van der Waals surface area contributed by atoms with Gasteiger partial charge in [-0.2, -0.15) is 0 Å². The Hall–Kier alpha value is -0.0800. The molecule has 0 atom stereocenters. The minimum absolute atomic E-state index is 0.361. The van der Waals surface area contributed by atoms with Gasteiger partial charge >= 0.3 is 0 Å². The molecule has 2 nitrogen and oxygen atoms in total. The van der Waals surface area contributed by atoms with Crippen LogP contribution in [0.4, 0.5) is 0 Å². The number of nitrogens with zero attached hydrogens (tertiary/aromatic N) is 1. The molecule has 0 bridgehead atoms. The van der Waals surface area contributed by atoms with Crippen molar-refractivity contribution in [3.63, 3.8) is 0 Å². The Bertz CT molecular complexity index is 189. The number of hydrogen-bond acceptors (Lipinski definition) is 2. The van der Waals surface area contributed by atoms with Crippen LogP contribution in [0.25, 0.3) is 0 Å². The Morgan fingerprint density at radius 1 is 1.07 bits per heavy atom. The molecule has 2 saturated heterocycles. The van der Waals surface area contributed by atoms with E-state index in [4.69, 9.17) is 0 Å². The molecule has 2 heterocycles. The highest BCUT2D eigenvalue weighted by Crippen LogP contribution is 2.32. The molecule has 0 aromatic heterocycles. The average Bonchev–Trinajstić information content (AvgIpc) is 2.53. The quantitative estimate of drug-likeness (QED) is 0.637. The Kier molecular flexibility index (Phi) is 2.61. The van der Waals surface area contributed by atoms with Crippen LogP contribution < -0.4 is 5.32 Å². The van der Waals surface area contributed by atoms with E-state index in [0.717, 1.165) is 0 Å². The molecule has 2 heteroatoms. The second-order valence-electron chi connectivity index (χ2n) is 5.97. The van der Waals surface area contributed by atoms with Gasteiger partial charge in [-0.05, 0) is 53.0 Å². The molecule has 1 N–H and O–H groups in total. The van der Waals surface area contributed by atoms with Crippen LogP contribution in [-0.4, -0.2) is 35.6 Å². The van der Waals surface area contributed by atoms with Crippen LogP contribution in [0.2, 0.25) is 0 Å². The van der Waals surface area contributed by atoms with Crippen molar-refractivity contribution in [2.75, 3.05) is 19.6 Å². The standard InChI is InChI=1S/C12H24N2/c1-11(2,3)14-9-6-12(7-10-14)5-4-8-13-12/h13H,4-10H2,1-3H3. The minimum Gasteiger partial charge on any atom is -0.311 e. The lowest BCUT2D eigenvalue weighted by Crippen LogP contribution is -2.54. The first-order chi connectivity index (χ1) is 6.52. The van der Waals surface area contributed by atoms with Crippen LogP contribution in [0, 0.1) is 0 Å². The number of nitrogens with one attached hydrogen (secondary N) is 1. The van der Waals surface area contributed by atoms with E-state index in [1.807, 2.05) is 0 Å². The second-order valence-corrected chi connectivity index (χ2v) is 5.97. The normalized spacial score (nSPS) is 28.5. The summed E-state index contributed by atoms with van der Waals surface area (Å²) in [6.45, 7) is 10.8. The summed E-state index contributed by atoms with van der Waals surface area (Å²) >= 11 is 0. The third kappa shape index (κ3) is 1.96. The van der Waals surface area contributed by atoms with Gasteiger partial charge in [0, 0.05) is 24.2 Å². The summed E-state index contributed by atoms with van der Waals surface area (Å²) in [5.41, 5.74) is 0.891. The Balaban J connectivity index is 1.92. The molecule has 82 valence electrons. The molecular formula is C12H24N2. The Labute approximate surface area is 88.1 Å².